The Morgan fingerprint density at radius 1 is 1.32 bits per heavy atom. The first-order valence-corrected chi connectivity index (χ1v) is 10.9. The van der Waals surface area contributed by atoms with E-state index in [1.54, 1.807) is 25.1 Å². The molecular weight excluding hydrogens is 418 g/mol. The topological polar surface area (TPSA) is 116 Å². The number of carbonyl (C=O) groups excluding carboxylic acids is 2. The molecule has 0 spiro atoms. The van der Waals surface area contributed by atoms with Gasteiger partial charge in [0.2, 0.25) is 0 Å². The predicted octanol–water partition coefficient (Wildman–Crippen LogP) is 4.00. The SMILES string of the molecule is CCOC(=O)C1=C(N)N(c2ccccc2[N+](=O)[O-])C2=C(C(=O)CCC2)[C@H]1c1ccsc1. The van der Waals surface area contributed by atoms with E-state index in [4.69, 9.17) is 10.5 Å². The number of nitro groups is 1. The summed E-state index contributed by atoms with van der Waals surface area (Å²) in [5, 5.41) is 15.5. The van der Waals surface area contributed by atoms with Crippen molar-refractivity contribution in [1.82, 2.24) is 0 Å². The number of carbonyl (C=O) groups is 2. The summed E-state index contributed by atoms with van der Waals surface area (Å²) >= 11 is 1.45. The third-order valence-corrected chi connectivity index (χ3v) is 6.19. The molecular formula is C22H21N3O5S. The second-order valence-corrected chi connectivity index (χ2v) is 8.01. The van der Waals surface area contributed by atoms with Crippen molar-refractivity contribution < 1.29 is 19.2 Å². The van der Waals surface area contributed by atoms with Crippen LogP contribution in [-0.2, 0) is 14.3 Å². The highest BCUT2D eigenvalue weighted by Crippen LogP contribution is 2.48. The number of para-hydroxylation sites is 2. The van der Waals surface area contributed by atoms with E-state index in [1.807, 2.05) is 16.8 Å². The van der Waals surface area contributed by atoms with Gasteiger partial charge in [-0.25, -0.2) is 4.79 Å². The Labute approximate surface area is 182 Å². The summed E-state index contributed by atoms with van der Waals surface area (Å²) in [7, 11) is 0. The maximum Gasteiger partial charge on any atom is 0.338 e. The van der Waals surface area contributed by atoms with E-state index >= 15 is 0 Å². The number of rotatable bonds is 5. The van der Waals surface area contributed by atoms with Crippen molar-refractivity contribution in [2.24, 2.45) is 5.73 Å². The summed E-state index contributed by atoms with van der Waals surface area (Å²) in [6.07, 6.45) is 1.47. The summed E-state index contributed by atoms with van der Waals surface area (Å²) < 4.78 is 5.29. The Morgan fingerprint density at radius 2 is 2.10 bits per heavy atom. The number of hydrogen-bond donors (Lipinski definition) is 1. The highest BCUT2D eigenvalue weighted by atomic mass is 32.1. The first kappa shape index (κ1) is 20.8. The average Bonchev–Trinajstić information content (AvgIpc) is 3.28. The molecule has 1 aromatic carbocycles. The number of nitrogens with zero attached hydrogens (tertiary/aromatic N) is 2. The molecule has 31 heavy (non-hydrogen) atoms. The molecule has 2 N–H and O–H groups in total. The lowest BCUT2D eigenvalue weighted by atomic mass is 9.76. The quantitative estimate of drug-likeness (QED) is 0.425. The number of ether oxygens (including phenoxy) is 1. The number of benzene rings is 1. The fourth-order valence-electron chi connectivity index (χ4n) is 4.25. The molecule has 0 amide bonds. The lowest BCUT2D eigenvalue weighted by Crippen LogP contribution is -2.41. The van der Waals surface area contributed by atoms with E-state index in [9.17, 15) is 19.7 Å². The minimum absolute atomic E-state index is 0.0531. The van der Waals surface area contributed by atoms with Crippen LogP contribution in [0.4, 0.5) is 11.4 Å². The summed E-state index contributed by atoms with van der Waals surface area (Å²) in [5.41, 5.74) is 8.58. The summed E-state index contributed by atoms with van der Waals surface area (Å²) in [4.78, 5) is 38.9. The van der Waals surface area contributed by atoms with E-state index in [2.05, 4.69) is 0 Å². The van der Waals surface area contributed by atoms with Gasteiger partial charge in [-0.05, 0) is 48.2 Å². The second-order valence-electron chi connectivity index (χ2n) is 7.23. The van der Waals surface area contributed by atoms with Crippen molar-refractivity contribution in [3.8, 4) is 0 Å². The Balaban J connectivity index is 2.02. The first-order chi connectivity index (χ1) is 15.0. The second kappa shape index (κ2) is 8.35. The maximum atomic E-state index is 13.1. The number of anilines is 1. The molecule has 1 aliphatic carbocycles. The molecule has 2 aromatic rings. The largest absolute Gasteiger partial charge is 0.463 e. The zero-order valence-electron chi connectivity index (χ0n) is 16.9. The molecule has 9 heteroatoms. The third-order valence-electron chi connectivity index (χ3n) is 5.48. The standard InChI is InChI=1S/C22H21N3O5S/c1-2-30-22(27)20-18(13-10-11-31-12-13)19-16(8-5-9-17(19)26)24(21(20)23)14-6-3-4-7-15(14)25(28)29/h3-4,6-7,10-12,18H,2,5,8-9,23H2,1H3/t18-/m1/s1. The zero-order valence-corrected chi connectivity index (χ0v) is 17.7. The number of allylic oxidation sites excluding steroid dienone is 2. The maximum absolute atomic E-state index is 13.1. The van der Waals surface area contributed by atoms with Crippen LogP contribution in [0.15, 0.2) is 63.8 Å². The summed E-state index contributed by atoms with van der Waals surface area (Å²) in [6, 6.07) is 8.03. The van der Waals surface area contributed by atoms with Gasteiger partial charge in [0, 0.05) is 23.8 Å². The molecule has 0 fully saturated rings. The lowest BCUT2D eigenvalue weighted by Gasteiger charge is -2.40. The Hall–Kier alpha value is -3.46. The molecule has 4 rings (SSSR count). The fourth-order valence-corrected chi connectivity index (χ4v) is 4.94. The van der Waals surface area contributed by atoms with Crippen molar-refractivity contribution in [2.75, 3.05) is 11.5 Å². The monoisotopic (exact) mass is 439 g/mol. The number of ketones is 1. The summed E-state index contributed by atoms with van der Waals surface area (Å²) in [6.45, 7) is 1.82. The molecule has 2 heterocycles. The molecule has 1 aromatic heterocycles. The van der Waals surface area contributed by atoms with E-state index < -0.39 is 16.8 Å². The number of hydrogen-bond acceptors (Lipinski definition) is 8. The Bertz CT molecular complexity index is 1120. The van der Waals surface area contributed by atoms with Gasteiger partial charge in [-0.3, -0.25) is 19.8 Å². The van der Waals surface area contributed by atoms with Gasteiger partial charge < -0.3 is 10.5 Å². The normalized spacial score (nSPS) is 18.8. The van der Waals surface area contributed by atoms with Gasteiger partial charge in [-0.15, -0.1) is 0 Å². The molecule has 1 aliphatic heterocycles. The third kappa shape index (κ3) is 3.50. The number of nitrogens with two attached hydrogens (primary N) is 1. The van der Waals surface area contributed by atoms with Crippen molar-refractivity contribution >= 4 is 34.5 Å². The highest BCUT2D eigenvalue weighted by Gasteiger charge is 2.44. The van der Waals surface area contributed by atoms with Crippen molar-refractivity contribution in [2.45, 2.75) is 32.1 Å². The van der Waals surface area contributed by atoms with E-state index in [0.717, 1.165) is 5.56 Å². The Kier molecular flexibility index (Phi) is 5.60. The van der Waals surface area contributed by atoms with Crippen LogP contribution >= 0.6 is 11.3 Å². The molecule has 0 radical (unpaired) electrons. The van der Waals surface area contributed by atoms with Gasteiger partial charge in [0.25, 0.3) is 5.69 Å². The van der Waals surface area contributed by atoms with Crippen LogP contribution in [0.1, 0.15) is 37.7 Å². The van der Waals surface area contributed by atoms with Crippen LogP contribution in [0.25, 0.3) is 0 Å². The van der Waals surface area contributed by atoms with E-state index in [-0.39, 0.29) is 35.2 Å². The molecule has 0 saturated heterocycles. The number of nitro benzene ring substituents is 1. The molecule has 0 saturated carbocycles. The minimum atomic E-state index is -0.660. The average molecular weight is 439 g/mol. The van der Waals surface area contributed by atoms with Crippen molar-refractivity contribution in [1.29, 1.82) is 0 Å². The van der Waals surface area contributed by atoms with Crippen LogP contribution in [0.2, 0.25) is 0 Å². The van der Waals surface area contributed by atoms with E-state index in [0.29, 0.717) is 30.5 Å². The van der Waals surface area contributed by atoms with Gasteiger partial charge in [-0.2, -0.15) is 11.3 Å². The molecule has 160 valence electrons. The van der Waals surface area contributed by atoms with Crippen molar-refractivity contribution in [3.05, 3.63) is 79.4 Å². The van der Waals surface area contributed by atoms with Crippen LogP contribution < -0.4 is 10.6 Å². The molecule has 2 aliphatic rings. The summed E-state index contributed by atoms with van der Waals surface area (Å²) in [5.74, 6) is -1.33. The zero-order chi connectivity index (χ0) is 22.1. The van der Waals surface area contributed by atoms with Gasteiger partial charge in [0.05, 0.1) is 23.0 Å². The highest BCUT2D eigenvalue weighted by molar-refractivity contribution is 7.08. The number of thiophene rings is 1. The fraction of sp³-hybridized carbons (Fsp3) is 0.273. The van der Waals surface area contributed by atoms with Gasteiger partial charge in [0.15, 0.2) is 5.78 Å². The van der Waals surface area contributed by atoms with Gasteiger partial charge >= 0.3 is 5.97 Å². The van der Waals surface area contributed by atoms with E-state index in [1.165, 1.54) is 22.3 Å². The van der Waals surface area contributed by atoms with Gasteiger partial charge in [0.1, 0.15) is 11.5 Å². The molecule has 0 bridgehead atoms. The minimum Gasteiger partial charge on any atom is -0.463 e. The van der Waals surface area contributed by atoms with Crippen LogP contribution in [-0.4, -0.2) is 23.3 Å². The predicted molar refractivity (Wildman–Crippen MR) is 116 cm³/mol. The van der Waals surface area contributed by atoms with Crippen LogP contribution in [0.3, 0.4) is 0 Å². The Morgan fingerprint density at radius 3 is 2.77 bits per heavy atom. The molecule has 1 atom stereocenters. The number of esters is 1. The molecule has 0 unspecified atom stereocenters. The lowest BCUT2D eigenvalue weighted by molar-refractivity contribution is -0.384. The van der Waals surface area contributed by atoms with Crippen LogP contribution in [0, 0.1) is 10.1 Å². The van der Waals surface area contributed by atoms with Crippen LogP contribution in [0.5, 0.6) is 0 Å². The smallest absolute Gasteiger partial charge is 0.338 e. The molecule has 8 nitrogen and oxygen atoms in total. The van der Waals surface area contributed by atoms with Gasteiger partial charge in [-0.1, -0.05) is 12.1 Å². The van der Waals surface area contributed by atoms with Crippen molar-refractivity contribution in [3.63, 3.8) is 0 Å². The first-order valence-electron chi connectivity index (χ1n) is 9.94. The number of Topliss-reactive ketones (excluding diaryl/α,β-unsaturated/α-hetero) is 1.